The fourth-order valence-electron chi connectivity index (χ4n) is 3.37. The number of rotatable bonds is 3. The van der Waals surface area contributed by atoms with Gasteiger partial charge in [-0.3, -0.25) is 0 Å². The Bertz CT molecular complexity index is 1090. The molecule has 150 valence electrons. The number of benzene rings is 3. The third-order valence-electron chi connectivity index (χ3n) is 4.92. The van der Waals surface area contributed by atoms with E-state index in [1.807, 2.05) is 62.4 Å². The van der Waals surface area contributed by atoms with Crippen LogP contribution in [0.1, 0.15) is 16.7 Å². The summed E-state index contributed by atoms with van der Waals surface area (Å²) >= 11 is 3.37. The van der Waals surface area contributed by atoms with Gasteiger partial charge >= 0.3 is 6.29 Å². The summed E-state index contributed by atoms with van der Waals surface area (Å²) in [5.74, 6) is -0.186. The molecule has 29 heavy (non-hydrogen) atoms. The highest BCUT2D eigenvalue weighted by atomic mass is 79.9. The summed E-state index contributed by atoms with van der Waals surface area (Å²) in [6.45, 7) is 5.53. The largest absolute Gasteiger partial charge is 0.586 e. The monoisotopic (exact) mass is 478 g/mol. The van der Waals surface area contributed by atoms with E-state index in [1.165, 1.54) is 0 Å². The van der Waals surface area contributed by atoms with Gasteiger partial charge in [0, 0.05) is 15.9 Å². The molecule has 0 amide bonds. The second-order valence-electron chi connectivity index (χ2n) is 7.13. The lowest BCUT2D eigenvalue weighted by atomic mass is 10.2. The molecule has 0 aromatic heterocycles. The van der Waals surface area contributed by atoms with Crippen molar-refractivity contribution in [2.45, 2.75) is 27.1 Å². The zero-order valence-electron chi connectivity index (χ0n) is 16.0. The van der Waals surface area contributed by atoms with E-state index in [9.17, 15) is 13.3 Å². The molecule has 0 fully saturated rings. The Hall–Kier alpha value is -2.17. The first-order valence-corrected chi connectivity index (χ1v) is 11.5. The molecule has 0 saturated heterocycles. The lowest BCUT2D eigenvalue weighted by Crippen LogP contribution is -2.27. The van der Waals surface area contributed by atoms with Gasteiger partial charge in [0.1, 0.15) is 0 Å². The van der Waals surface area contributed by atoms with Crippen LogP contribution in [0.4, 0.5) is 8.78 Å². The summed E-state index contributed by atoms with van der Waals surface area (Å²) in [6, 6.07) is 16.4. The van der Waals surface area contributed by atoms with Crippen molar-refractivity contribution >= 4 is 39.0 Å². The second-order valence-corrected chi connectivity index (χ2v) is 10.7. The number of hydrogen-bond donors (Lipinski definition) is 0. The predicted molar refractivity (Wildman–Crippen MR) is 114 cm³/mol. The van der Waals surface area contributed by atoms with Gasteiger partial charge in [-0.15, -0.1) is 8.78 Å². The van der Waals surface area contributed by atoms with Gasteiger partial charge in [-0.2, -0.15) is 0 Å². The Morgan fingerprint density at radius 1 is 0.828 bits per heavy atom. The number of ether oxygens (including phenoxy) is 2. The summed E-state index contributed by atoms with van der Waals surface area (Å²) in [5, 5.41) is 1.61. The fourth-order valence-corrected chi connectivity index (χ4v) is 7.24. The summed E-state index contributed by atoms with van der Waals surface area (Å²) in [5.41, 5.74) is 2.49. The molecule has 0 unspecified atom stereocenters. The number of aryl methyl sites for hydroxylation is 3. The van der Waals surface area contributed by atoms with Crippen molar-refractivity contribution in [2.75, 3.05) is 0 Å². The Balaban J connectivity index is 2.01. The van der Waals surface area contributed by atoms with Crippen LogP contribution >= 0.6 is 23.1 Å². The van der Waals surface area contributed by atoms with Crippen LogP contribution in [-0.2, 0) is 4.57 Å². The lowest BCUT2D eigenvalue weighted by molar-refractivity contribution is -0.287. The molecule has 4 rings (SSSR count). The molecule has 0 atom stereocenters. The minimum Gasteiger partial charge on any atom is -0.395 e. The first-order valence-electron chi connectivity index (χ1n) is 8.96. The summed E-state index contributed by atoms with van der Waals surface area (Å²) in [7, 11) is -3.38. The predicted octanol–water partition coefficient (Wildman–Crippen LogP) is 5.34. The molecule has 1 aliphatic rings. The van der Waals surface area contributed by atoms with Crippen molar-refractivity contribution in [1.29, 1.82) is 0 Å². The van der Waals surface area contributed by atoms with Gasteiger partial charge < -0.3 is 14.0 Å². The summed E-state index contributed by atoms with van der Waals surface area (Å²) in [6.07, 6.45) is -3.76. The normalized spacial score (nSPS) is 14.8. The smallest absolute Gasteiger partial charge is 0.395 e. The Morgan fingerprint density at radius 2 is 1.28 bits per heavy atom. The van der Waals surface area contributed by atoms with E-state index in [2.05, 4.69) is 20.7 Å². The number of hydrogen-bond acceptors (Lipinski definition) is 3. The maximum absolute atomic E-state index is 14.7. The molecule has 3 aromatic carbocycles. The third-order valence-corrected chi connectivity index (χ3v) is 9.09. The molecule has 0 N–H and O–H groups in total. The van der Waals surface area contributed by atoms with Crippen LogP contribution in [-0.4, -0.2) is 6.29 Å². The maximum Gasteiger partial charge on any atom is 0.586 e. The molecule has 1 aliphatic heterocycles. The Labute approximate surface area is 176 Å². The zero-order valence-corrected chi connectivity index (χ0v) is 18.5. The van der Waals surface area contributed by atoms with Crippen LogP contribution in [0, 0.1) is 20.8 Å². The van der Waals surface area contributed by atoms with Crippen molar-refractivity contribution in [3.05, 3.63) is 75.8 Å². The summed E-state index contributed by atoms with van der Waals surface area (Å²) in [4.78, 5) is 0. The van der Waals surface area contributed by atoms with Gasteiger partial charge in [0.25, 0.3) is 0 Å². The molecule has 0 spiro atoms. The van der Waals surface area contributed by atoms with Gasteiger partial charge in [0.2, 0.25) is 0 Å². The maximum atomic E-state index is 14.7. The lowest BCUT2D eigenvalue weighted by Gasteiger charge is -2.22. The third kappa shape index (κ3) is 3.38. The molecule has 0 bridgehead atoms. The molecule has 0 radical (unpaired) electrons. The van der Waals surface area contributed by atoms with Crippen LogP contribution in [0.2, 0.25) is 0 Å². The first-order chi connectivity index (χ1) is 13.6. The highest BCUT2D eigenvalue weighted by Crippen LogP contribution is 2.53. The van der Waals surface area contributed by atoms with E-state index in [1.54, 1.807) is 13.0 Å². The quantitative estimate of drug-likeness (QED) is 0.477. The van der Waals surface area contributed by atoms with Crippen molar-refractivity contribution in [1.82, 2.24) is 0 Å². The average molecular weight is 479 g/mol. The van der Waals surface area contributed by atoms with Crippen molar-refractivity contribution < 1.29 is 22.8 Å². The molecule has 3 aromatic rings. The SMILES string of the molecule is Cc1ccc(P(=O)(c2ccc(C)cc2)c2cc(C)c3c(c2Br)OC(F)(F)O3)cc1. The van der Waals surface area contributed by atoms with E-state index < -0.39 is 13.4 Å². The summed E-state index contributed by atoms with van der Waals surface area (Å²) < 4.78 is 51.7. The van der Waals surface area contributed by atoms with Crippen molar-refractivity contribution in [3.63, 3.8) is 0 Å². The first kappa shape index (κ1) is 20.1. The van der Waals surface area contributed by atoms with Crippen molar-refractivity contribution in [3.8, 4) is 11.5 Å². The molecular formula is C22H18BrF2O3P. The van der Waals surface area contributed by atoms with E-state index >= 15 is 0 Å². The minimum atomic E-state index is -3.76. The van der Waals surface area contributed by atoms with Gasteiger partial charge in [0.15, 0.2) is 18.6 Å². The number of fused-ring (bicyclic) bond motifs is 1. The van der Waals surface area contributed by atoms with Crippen LogP contribution < -0.4 is 25.4 Å². The van der Waals surface area contributed by atoms with Gasteiger partial charge in [-0.1, -0.05) is 59.7 Å². The molecule has 3 nitrogen and oxygen atoms in total. The molecule has 7 heteroatoms. The van der Waals surface area contributed by atoms with Crippen LogP contribution in [0.5, 0.6) is 11.5 Å². The topological polar surface area (TPSA) is 35.5 Å². The highest BCUT2D eigenvalue weighted by Gasteiger charge is 2.47. The van der Waals surface area contributed by atoms with Crippen LogP contribution in [0.15, 0.2) is 59.1 Å². The van der Waals surface area contributed by atoms with E-state index in [-0.39, 0.29) is 16.0 Å². The minimum absolute atomic E-state index is 0.0509. The standard InChI is InChI=1S/C22H18BrF2O3P/c1-13-4-8-16(9-5-13)29(26,17-10-6-14(2)7-11-17)18-12-15(3)20-21(19(18)23)28-22(24,25)27-20/h4-12H,1-3H3. The Kier molecular flexibility index (Phi) is 4.83. The fraction of sp³-hybridized carbons (Fsp3) is 0.182. The second kappa shape index (κ2) is 6.96. The van der Waals surface area contributed by atoms with Crippen molar-refractivity contribution in [2.24, 2.45) is 0 Å². The van der Waals surface area contributed by atoms with Crippen LogP contribution in [0.3, 0.4) is 0 Å². The Morgan fingerprint density at radius 3 is 1.76 bits per heavy atom. The van der Waals surface area contributed by atoms with E-state index in [4.69, 9.17) is 4.74 Å². The number of halogens is 3. The van der Waals surface area contributed by atoms with E-state index in [0.717, 1.165) is 11.1 Å². The number of alkyl halides is 2. The molecule has 0 saturated carbocycles. The highest BCUT2D eigenvalue weighted by molar-refractivity contribution is 9.10. The van der Waals surface area contributed by atoms with Gasteiger partial charge in [-0.25, -0.2) is 0 Å². The van der Waals surface area contributed by atoms with E-state index in [0.29, 0.717) is 21.5 Å². The molecular weight excluding hydrogens is 461 g/mol. The molecule has 0 aliphatic carbocycles. The van der Waals surface area contributed by atoms with Gasteiger partial charge in [-0.05, 0) is 48.3 Å². The molecule has 1 heterocycles. The van der Waals surface area contributed by atoms with Gasteiger partial charge in [0.05, 0.1) is 4.47 Å². The average Bonchev–Trinajstić information content (AvgIpc) is 3.01. The van der Waals surface area contributed by atoms with Crippen LogP contribution in [0.25, 0.3) is 0 Å². The zero-order chi connectivity index (χ0) is 21.0.